The first kappa shape index (κ1) is 13.3. The van der Waals surface area contributed by atoms with Gasteiger partial charge >= 0.3 is 6.18 Å². The molecule has 0 aromatic heterocycles. The van der Waals surface area contributed by atoms with E-state index in [2.05, 4.69) is 0 Å². The lowest BCUT2D eigenvalue weighted by Crippen LogP contribution is -2.05. The summed E-state index contributed by atoms with van der Waals surface area (Å²) in [6.45, 7) is 0. The van der Waals surface area contributed by atoms with Crippen molar-refractivity contribution >= 4 is 23.4 Å². The van der Waals surface area contributed by atoms with Crippen LogP contribution in [0.5, 0.6) is 0 Å². The molecule has 0 spiro atoms. The molecule has 0 amide bonds. The van der Waals surface area contributed by atoms with Crippen LogP contribution in [-0.2, 0) is 6.18 Å². The van der Waals surface area contributed by atoms with Crippen LogP contribution in [0.4, 0.5) is 13.2 Å². The van der Waals surface area contributed by atoms with Crippen LogP contribution in [0.25, 0.3) is 0 Å². The van der Waals surface area contributed by atoms with Crippen LogP contribution in [-0.4, -0.2) is 0 Å². The average Bonchev–Trinajstić information content (AvgIpc) is 2.28. The fourth-order valence-corrected chi connectivity index (χ4v) is 2.64. The normalized spacial score (nSPS) is 11.6. The van der Waals surface area contributed by atoms with Crippen molar-refractivity contribution in [3.8, 4) is 0 Å². The number of halogens is 4. The third-order valence-electron chi connectivity index (χ3n) is 2.22. The molecule has 0 N–H and O–H groups in total. The minimum absolute atomic E-state index is 0.275. The number of alkyl halides is 3. The van der Waals surface area contributed by atoms with E-state index in [1.54, 1.807) is 0 Å². The van der Waals surface area contributed by atoms with Gasteiger partial charge in [-0.25, -0.2) is 0 Å². The number of benzene rings is 2. The summed E-state index contributed by atoms with van der Waals surface area (Å²) in [6, 6.07) is 13.2. The molecule has 18 heavy (non-hydrogen) atoms. The van der Waals surface area contributed by atoms with E-state index in [1.807, 2.05) is 30.3 Å². The molecule has 0 radical (unpaired) electrons. The molecule has 0 bridgehead atoms. The van der Waals surface area contributed by atoms with Crippen LogP contribution in [0.3, 0.4) is 0 Å². The largest absolute Gasteiger partial charge is 0.417 e. The summed E-state index contributed by atoms with van der Waals surface area (Å²) >= 11 is 7.02. The summed E-state index contributed by atoms with van der Waals surface area (Å²) in [5.41, 5.74) is -0.804. The highest BCUT2D eigenvalue weighted by Gasteiger charge is 2.32. The van der Waals surface area contributed by atoms with Gasteiger partial charge in [0, 0.05) is 9.79 Å². The van der Waals surface area contributed by atoms with E-state index in [4.69, 9.17) is 11.6 Å². The van der Waals surface area contributed by atoms with Crippen LogP contribution in [0, 0.1) is 0 Å². The van der Waals surface area contributed by atoms with Crippen molar-refractivity contribution in [3.05, 3.63) is 59.1 Å². The lowest BCUT2D eigenvalue weighted by atomic mass is 10.2. The molecule has 0 nitrogen and oxygen atoms in total. The van der Waals surface area contributed by atoms with E-state index in [1.165, 1.54) is 23.9 Å². The molecule has 0 saturated heterocycles. The van der Waals surface area contributed by atoms with Crippen LogP contribution in [0.2, 0.25) is 5.02 Å². The van der Waals surface area contributed by atoms with Gasteiger partial charge in [0.2, 0.25) is 0 Å². The second kappa shape index (κ2) is 5.24. The molecule has 2 aromatic rings. The minimum atomic E-state index is -4.41. The highest BCUT2D eigenvalue weighted by Crippen LogP contribution is 2.37. The Balaban J connectivity index is 2.25. The van der Waals surface area contributed by atoms with E-state index in [0.717, 1.165) is 11.0 Å². The van der Waals surface area contributed by atoms with Gasteiger partial charge in [-0.1, -0.05) is 41.6 Å². The molecule has 0 aliphatic rings. The molecule has 0 atom stereocenters. The number of hydrogen-bond acceptors (Lipinski definition) is 1. The predicted octanol–water partition coefficient (Wildman–Crippen LogP) is 5.51. The number of hydrogen-bond donors (Lipinski definition) is 0. The zero-order chi connectivity index (χ0) is 13.2. The Kier molecular flexibility index (Phi) is 3.88. The number of rotatable bonds is 2. The predicted molar refractivity (Wildman–Crippen MR) is 67.0 cm³/mol. The first-order chi connectivity index (χ1) is 8.47. The first-order valence-electron chi connectivity index (χ1n) is 5.06. The molecule has 0 fully saturated rings. The SMILES string of the molecule is FC(F)(F)c1ccc(Sc2ccccc2)cc1Cl. The molecule has 0 heterocycles. The maximum atomic E-state index is 12.5. The van der Waals surface area contributed by atoms with Crippen molar-refractivity contribution in [2.45, 2.75) is 16.0 Å². The van der Waals surface area contributed by atoms with E-state index < -0.39 is 11.7 Å². The summed E-state index contributed by atoms with van der Waals surface area (Å²) < 4.78 is 37.5. The Labute approximate surface area is 112 Å². The van der Waals surface area contributed by atoms with Gasteiger partial charge in [0.1, 0.15) is 0 Å². The standard InChI is InChI=1S/C13H8ClF3S/c14-12-8-10(6-7-11(12)13(15,16)17)18-9-4-2-1-3-5-9/h1-8H. The maximum Gasteiger partial charge on any atom is 0.417 e. The molecule has 0 unspecified atom stereocenters. The second-order valence-corrected chi connectivity index (χ2v) is 5.11. The van der Waals surface area contributed by atoms with Crippen molar-refractivity contribution in [1.82, 2.24) is 0 Å². The molecular weight excluding hydrogens is 281 g/mol. The van der Waals surface area contributed by atoms with E-state index in [0.29, 0.717) is 4.90 Å². The van der Waals surface area contributed by atoms with Gasteiger partial charge in [0.15, 0.2) is 0 Å². The van der Waals surface area contributed by atoms with E-state index in [-0.39, 0.29) is 5.02 Å². The van der Waals surface area contributed by atoms with Crippen LogP contribution in [0.15, 0.2) is 58.3 Å². The van der Waals surface area contributed by atoms with E-state index in [9.17, 15) is 13.2 Å². The topological polar surface area (TPSA) is 0 Å². The van der Waals surface area contributed by atoms with Crippen LogP contribution in [0.1, 0.15) is 5.56 Å². The third-order valence-corrected chi connectivity index (χ3v) is 3.54. The Bertz CT molecular complexity index is 538. The summed E-state index contributed by atoms with van der Waals surface area (Å²) in [4.78, 5) is 1.63. The summed E-state index contributed by atoms with van der Waals surface area (Å²) in [5, 5.41) is -0.275. The van der Waals surface area contributed by atoms with Crippen LogP contribution >= 0.6 is 23.4 Å². The molecule has 0 saturated carbocycles. The Morgan fingerprint density at radius 2 is 1.56 bits per heavy atom. The minimum Gasteiger partial charge on any atom is -0.166 e. The Hall–Kier alpha value is -1.13. The van der Waals surface area contributed by atoms with Crippen molar-refractivity contribution in [1.29, 1.82) is 0 Å². The maximum absolute atomic E-state index is 12.5. The first-order valence-corrected chi connectivity index (χ1v) is 6.26. The quantitative estimate of drug-likeness (QED) is 0.702. The zero-order valence-electron chi connectivity index (χ0n) is 9.04. The van der Waals surface area contributed by atoms with Crippen molar-refractivity contribution in [2.24, 2.45) is 0 Å². The molecule has 94 valence electrons. The molecule has 5 heteroatoms. The molecule has 2 aromatic carbocycles. The summed E-state index contributed by atoms with van der Waals surface area (Å²) in [6.07, 6.45) is -4.41. The smallest absolute Gasteiger partial charge is 0.166 e. The highest BCUT2D eigenvalue weighted by molar-refractivity contribution is 7.99. The fraction of sp³-hybridized carbons (Fsp3) is 0.0769. The van der Waals surface area contributed by atoms with E-state index >= 15 is 0 Å². The fourth-order valence-electron chi connectivity index (χ4n) is 1.41. The van der Waals surface area contributed by atoms with Crippen molar-refractivity contribution < 1.29 is 13.2 Å². The molecular formula is C13H8ClF3S. The van der Waals surface area contributed by atoms with Crippen molar-refractivity contribution in [3.63, 3.8) is 0 Å². The van der Waals surface area contributed by atoms with Gasteiger partial charge in [-0.3, -0.25) is 0 Å². The Morgan fingerprint density at radius 3 is 2.11 bits per heavy atom. The zero-order valence-corrected chi connectivity index (χ0v) is 10.6. The second-order valence-electron chi connectivity index (χ2n) is 3.55. The van der Waals surface area contributed by atoms with Gasteiger partial charge < -0.3 is 0 Å². The summed E-state index contributed by atoms with van der Waals surface area (Å²) in [7, 11) is 0. The molecule has 0 aliphatic heterocycles. The monoisotopic (exact) mass is 288 g/mol. The van der Waals surface area contributed by atoms with Crippen molar-refractivity contribution in [2.75, 3.05) is 0 Å². The average molecular weight is 289 g/mol. The van der Waals surface area contributed by atoms with Gasteiger partial charge in [-0.2, -0.15) is 13.2 Å². The lowest BCUT2D eigenvalue weighted by molar-refractivity contribution is -0.137. The lowest BCUT2D eigenvalue weighted by Gasteiger charge is -2.10. The third kappa shape index (κ3) is 3.21. The highest BCUT2D eigenvalue weighted by atomic mass is 35.5. The van der Waals surface area contributed by atoms with Gasteiger partial charge in [-0.15, -0.1) is 0 Å². The molecule has 2 rings (SSSR count). The molecule has 0 aliphatic carbocycles. The van der Waals surface area contributed by atoms with Crippen LogP contribution < -0.4 is 0 Å². The van der Waals surface area contributed by atoms with Gasteiger partial charge in [0.05, 0.1) is 10.6 Å². The Morgan fingerprint density at radius 1 is 0.889 bits per heavy atom. The summed E-state index contributed by atoms with van der Waals surface area (Å²) in [5.74, 6) is 0. The van der Waals surface area contributed by atoms with Gasteiger partial charge in [-0.05, 0) is 30.3 Å². The van der Waals surface area contributed by atoms with Gasteiger partial charge in [0.25, 0.3) is 0 Å².